The van der Waals surface area contributed by atoms with E-state index in [0.717, 1.165) is 34.4 Å². The minimum absolute atomic E-state index is 0.00107. The van der Waals surface area contributed by atoms with Crippen molar-refractivity contribution in [3.63, 3.8) is 0 Å². The maximum Gasteiger partial charge on any atom is 0.534 e. The molecule has 14 heteroatoms. The number of aryl methyl sites for hydroxylation is 1. The molecule has 2 heterocycles. The van der Waals surface area contributed by atoms with Crippen molar-refractivity contribution in [2.75, 3.05) is 7.11 Å². The number of aromatic nitrogens is 3. The Morgan fingerprint density at radius 1 is 1.15 bits per heavy atom. The van der Waals surface area contributed by atoms with E-state index in [9.17, 15) is 30.8 Å². The van der Waals surface area contributed by atoms with Crippen LogP contribution in [0.2, 0.25) is 0 Å². The molecule has 0 saturated carbocycles. The minimum Gasteiger partial charge on any atom is -0.493 e. The number of alkyl halides is 3. The van der Waals surface area contributed by atoms with Gasteiger partial charge < -0.3 is 8.92 Å². The highest BCUT2D eigenvalue weighted by Gasteiger charge is 2.49. The Morgan fingerprint density at radius 3 is 2.44 bits per heavy atom. The quantitative estimate of drug-likeness (QED) is 0.242. The Kier molecular flexibility index (Phi) is 5.24. The van der Waals surface area contributed by atoms with Gasteiger partial charge in [-0.1, -0.05) is 0 Å². The van der Waals surface area contributed by atoms with Gasteiger partial charge in [0.05, 0.1) is 47.2 Å². The molecule has 34 heavy (non-hydrogen) atoms. The second-order valence-electron chi connectivity index (χ2n) is 6.95. The molecule has 0 N–H and O–H groups in total. The summed E-state index contributed by atoms with van der Waals surface area (Å²) in [5.41, 5.74) is -6.42. The van der Waals surface area contributed by atoms with Gasteiger partial charge in [-0.15, -0.1) is 0 Å². The molecule has 0 spiro atoms. The average Bonchev–Trinajstić information content (AvgIpc) is 3.02. The van der Waals surface area contributed by atoms with E-state index in [-0.39, 0.29) is 38.9 Å². The third kappa shape index (κ3) is 3.50. The lowest BCUT2D eigenvalue weighted by Crippen LogP contribution is -2.28. The largest absolute Gasteiger partial charge is 0.534 e. The van der Waals surface area contributed by atoms with Crippen molar-refractivity contribution in [3.05, 3.63) is 58.4 Å². The molecule has 0 radical (unpaired) electrons. The summed E-state index contributed by atoms with van der Waals surface area (Å²) in [4.78, 5) is 17.1. The van der Waals surface area contributed by atoms with E-state index in [4.69, 9.17) is 10.00 Å². The molecule has 0 bridgehead atoms. The number of hydrogen-bond donors (Lipinski definition) is 0. The minimum atomic E-state index is -6.05. The van der Waals surface area contributed by atoms with Crippen LogP contribution in [0.15, 0.2) is 41.3 Å². The summed E-state index contributed by atoms with van der Waals surface area (Å²) < 4.78 is 87.9. The fourth-order valence-corrected chi connectivity index (χ4v) is 3.84. The van der Waals surface area contributed by atoms with Gasteiger partial charge >= 0.3 is 21.3 Å². The van der Waals surface area contributed by atoms with Gasteiger partial charge in [-0.05, 0) is 24.3 Å². The summed E-state index contributed by atoms with van der Waals surface area (Å²) in [6, 6.07) is 7.17. The highest BCUT2D eigenvalue weighted by atomic mass is 32.2. The first-order valence-corrected chi connectivity index (χ1v) is 10.6. The third-order valence-electron chi connectivity index (χ3n) is 4.97. The van der Waals surface area contributed by atoms with E-state index in [1.165, 1.54) is 25.4 Å². The van der Waals surface area contributed by atoms with Gasteiger partial charge in [-0.2, -0.15) is 26.9 Å². The summed E-state index contributed by atoms with van der Waals surface area (Å²) >= 11 is 0. The van der Waals surface area contributed by atoms with E-state index in [1.54, 1.807) is 6.07 Å². The first kappa shape index (κ1) is 23.1. The summed E-state index contributed by atoms with van der Waals surface area (Å²) in [6.07, 6.45) is 1.28. The molecule has 176 valence electrons. The molecule has 0 atom stereocenters. The summed E-state index contributed by atoms with van der Waals surface area (Å²) in [6.45, 7) is 0. The number of imidazole rings is 1. The van der Waals surface area contributed by atoms with E-state index < -0.39 is 32.9 Å². The molecule has 0 fully saturated rings. The van der Waals surface area contributed by atoms with Crippen LogP contribution in [0.25, 0.3) is 27.6 Å². The van der Waals surface area contributed by atoms with E-state index in [1.807, 2.05) is 0 Å². The number of fused-ring (bicyclic) bond motifs is 3. The first-order valence-electron chi connectivity index (χ1n) is 9.18. The lowest BCUT2D eigenvalue weighted by Gasteiger charge is -2.14. The molecule has 0 aliphatic heterocycles. The van der Waals surface area contributed by atoms with Crippen molar-refractivity contribution in [2.45, 2.75) is 5.51 Å². The fourth-order valence-electron chi connectivity index (χ4n) is 3.38. The standard InChI is InChI=1S/C20H12F4N4O5S/c1-27-15-9-26-13-7-16(32-2)17(33-34(30,31)20(22,23)24)6-11(13)18(15)28(19(27)29)14-4-3-10(8-25)5-12(14)21/h3-7,9H,1-2H3. The lowest BCUT2D eigenvalue weighted by atomic mass is 10.1. The Hall–Kier alpha value is -4.12. The van der Waals surface area contributed by atoms with Gasteiger partial charge in [-0.25, -0.2) is 9.18 Å². The number of ether oxygens (including phenoxy) is 1. The molecule has 0 unspecified atom stereocenters. The molecule has 4 rings (SSSR count). The molecule has 2 aromatic carbocycles. The van der Waals surface area contributed by atoms with Crippen LogP contribution in [0.5, 0.6) is 11.5 Å². The molecule has 0 saturated heterocycles. The zero-order valence-electron chi connectivity index (χ0n) is 17.2. The van der Waals surface area contributed by atoms with Gasteiger partial charge in [0.1, 0.15) is 5.82 Å². The van der Waals surface area contributed by atoms with Crippen LogP contribution in [0.3, 0.4) is 0 Å². The first-order chi connectivity index (χ1) is 15.9. The normalized spacial score (nSPS) is 12.1. The second-order valence-corrected chi connectivity index (χ2v) is 8.49. The summed E-state index contributed by atoms with van der Waals surface area (Å²) in [7, 11) is -3.60. The summed E-state index contributed by atoms with van der Waals surface area (Å²) in [5.74, 6) is -2.10. The van der Waals surface area contributed by atoms with Gasteiger partial charge in [0, 0.05) is 18.5 Å². The van der Waals surface area contributed by atoms with Crippen molar-refractivity contribution >= 4 is 32.1 Å². The topological polar surface area (TPSA) is 116 Å². The number of methoxy groups -OCH3 is 1. The van der Waals surface area contributed by atoms with E-state index in [2.05, 4.69) is 9.17 Å². The second kappa shape index (κ2) is 7.73. The van der Waals surface area contributed by atoms with Crippen molar-refractivity contribution in [2.24, 2.45) is 7.05 Å². The highest BCUT2D eigenvalue weighted by Crippen LogP contribution is 2.38. The number of nitriles is 1. The fraction of sp³-hybridized carbons (Fsp3) is 0.150. The lowest BCUT2D eigenvalue weighted by molar-refractivity contribution is -0.0500. The van der Waals surface area contributed by atoms with Crippen LogP contribution in [0.1, 0.15) is 5.56 Å². The molecule has 9 nitrogen and oxygen atoms in total. The molecular formula is C20H12F4N4O5S. The Morgan fingerprint density at radius 2 is 1.85 bits per heavy atom. The van der Waals surface area contributed by atoms with E-state index >= 15 is 0 Å². The van der Waals surface area contributed by atoms with Crippen LogP contribution in [-0.4, -0.2) is 35.2 Å². The van der Waals surface area contributed by atoms with Gasteiger partial charge in [-0.3, -0.25) is 14.1 Å². The highest BCUT2D eigenvalue weighted by molar-refractivity contribution is 7.88. The average molecular weight is 496 g/mol. The maximum absolute atomic E-state index is 14.8. The van der Waals surface area contributed by atoms with Crippen LogP contribution < -0.4 is 14.6 Å². The SMILES string of the molecule is COc1cc2ncc3c(c2cc1OS(=O)(=O)C(F)(F)F)n(-c1ccc(C#N)cc1F)c(=O)n3C. The van der Waals surface area contributed by atoms with Crippen molar-refractivity contribution < 1.29 is 34.9 Å². The van der Waals surface area contributed by atoms with Crippen molar-refractivity contribution in [1.29, 1.82) is 5.26 Å². The number of pyridine rings is 1. The Labute approximate surface area is 188 Å². The van der Waals surface area contributed by atoms with Crippen LogP contribution in [0.4, 0.5) is 17.6 Å². The number of rotatable bonds is 4. The van der Waals surface area contributed by atoms with Crippen LogP contribution in [-0.2, 0) is 17.2 Å². The smallest absolute Gasteiger partial charge is 0.493 e. The zero-order valence-corrected chi connectivity index (χ0v) is 18.0. The predicted molar refractivity (Wildman–Crippen MR) is 111 cm³/mol. The Balaban J connectivity index is 2.10. The molecular weight excluding hydrogens is 484 g/mol. The van der Waals surface area contributed by atoms with Crippen molar-refractivity contribution in [1.82, 2.24) is 14.1 Å². The number of hydrogen-bond acceptors (Lipinski definition) is 7. The van der Waals surface area contributed by atoms with Gasteiger partial charge in [0.2, 0.25) is 0 Å². The molecule has 0 aliphatic rings. The number of benzene rings is 2. The molecule has 0 aliphatic carbocycles. The molecule has 2 aromatic heterocycles. The Bertz CT molecular complexity index is 1680. The zero-order chi connectivity index (χ0) is 25.0. The van der Waals surface area contributed by atoms with E-state index in [0.29, 0.717) is 0 Å². The number of nitrogens with zero attached hydrogens (tertiary/aromatic N) is 4. The summed E-state index contributed by atoms with van der Waals surface area (Å²) in [5, 5.41) is 8.95. The van der Waals surface area contributed by atoms with Gasteiger partial charge in [0.15, 0.2) is 11.5 Å². The van der Waals surface area contributed by atoms with Crippen LogP contribution >= 0.6 is 0 Å². The van der Waals surface area contributed by atoms with Gasteiger partial charge in [0.25, 0.3) is 0 Å². The molecule has 4 aromatic rings. The predicted octanol–water partition coefficient (Wildman–Crippen LogP) is 3.13. The monoisotopic (exact) mass is 496 g/mol. The number of halogens is 4. The third-order valence-corrected chi connectivity index (χ3v) is 5.94. The van der Waals surface area contributed by atoms with Crippen LogP contribution in [0, 0.1) is 17.1 Å². The maximum atomic E-state index is 14.8. The van der Waals surface area contributed by atoms with Crippen molar-refractivity contribution in [3.8, 4) is 23.3 Å². The molecule has 0 amide bonds.